The van der Waals surface area contributed by atoms with Crippen molar-refractivity contribution in [3.8, 4) is 5.75 Å². The number of carbonyl (C=O) groups excluding carboxylic acids is 3. The van der Waals surface area contributed by atoms with Gasteiger partial charge in [0.05, 0.1) is 13.2 Å². The summed E-state index contributed by atoms with van der Waals surface area (Å²) in [6.45, 7) is 3.72. The number of rotatable bonds is 4. The zero-order valence-electron chi connectivity index (χ0n) is 17.2. The second-order valence-electron chi connectivity index (χ2n) is 7.38. The highest BCUT2D eigenvalue weighted by molar-refractivity contribution is 7.09. The molecule has 0 radical (unpaired) electrons. The molecule has 2 aromatic rings. The van der Waals surface area contributed by atoms with Gasteiger partial charge in [0.2, 0.25) is 0 Å². The molecule has 3 amide bonds. The van der Waals surface area contributed by atoms with Crippen molar-refractivity contribution in [2.24, 2.45) is 0 Å². The van der Waals surface area contributed by atoms with E-state index in [9.17, 15) is 14.4 Å². The summed E-state index contributed by atoms with van der Waals surface area (Å²) in [5.41, 5.74) is 0.549. The zero-order chi connectivity index (χ0) is 21.6. The van der Waals surface area contributed by atoms with Gasteiger partial charge >= 0.3 is 11.8 Å². The molecule has 2 saturated heterocycles. The van der Waals surface area contributed by atoms with Gasteiger partial charge in [-0.25, -0.2) is 0 Å². The molecule has 31 heavy (non-hydrogen) atoms. The first-order valence-corrected chi connectivity index (χ1v) is 11.2. The average Bonchev–Trinajstić information content (AvgIpc) is 3.36. The molecule has 0 N–H and O–H groups in total. The van der Waals surface area contributed by atoms with Gasteiger partial charge in [-0.3, -0.25) is 14.4 Å². The quantitative estimate of drug-likeness (QED) is 0.669. The maximum atomic E-state index is 12.9. The van der Waals surface area contributed by atoms with Crippen LogP contribution in [-0.2, 0) is 20.9 Å². The summed E-state index contributed by atoms with van der Waals surface area (Å²) in [6.07, 6.45) is 0. The summed E-state index contributed by atoms with van der Waals surface area (Å²) in [4.78, 5) is 43.7. The van der Waals surface area contributed by atoms with E-state index in [2.05, 4.69) is 0 Å². The number of benzene rings is 1. The van der Waals surface area contributed by atoms with Gasteiger partial charge in [0, 0.05) is 49.7 Å². The highest BCUT2D eigenvalue weighted by Crippen LogP contribution is 2.19. The second kappa shape index (κ2) is 9.93. The lowest BCUT2D eigenvalue weighted by Gasteiger charge is -2.36. The molecule has 1 aromatic heterocycles. The van der Waals surface area contributed by atoms with E-state index in [-0.39, 0.29) is 5.91 Å². The van der Waals surface area contributed by atoms with Crippen molar-refractivity contribution in [2.45, 2.75) is 6.61 Å². The van der Waals surface area contributed by atoms with E-state index in [0.717, 1.165) is 4.88 Å². The lowest BCUT2D eigenvalue weighted by Crippen LogP contribution is -2.55. The normalized spacial score (nSPS) is 16.8. The number of hydrogen-bond acceptors (Lipinski definition) is 6. The van der Waals surface area contributed by atoms with Crippen molar-refractivity contribution in [1.82, 2.24) is 14.7 Å². The Morgan fingerprint density at radius 1 is 0.871 bits per heavy atom. The largest absolute Gasteiger partial charge is 0.488 e. The number of carbonyl (C=O) groups is 3. The van der Waals surface area contributed by atoms with Crippen LogP contribution in [0.2, 0.25) is 0 Å². The minimum absolute atomic E-state index is 0.104. The highest BCUT2D eigenvalue weighted by Gasteiger charge is 2.31. The Labute approximate surface area is 184 Å². The molecule has 3 heterocycles. The molecule has 0 unspecified atom stereocenters. The fourth-order valence-corrected chi connectivity index (χ4v) is 4.22. The Morgan fingerprint density at radius 2 is 1.55 bits per heavy atom. The van der Waals surface area contributed by atoms with Crippen LogP contribution in [0.15, 0.2) is 41.8 Å². The first kappa shape index (κ1) is 21.3. The van der Waals surface area contributed by atoms with Gasteiger partial charge in [-0.1, -0.05) is 12.1 Å². The van der Waals surface area contributed by atoms with E-state index >= 15 is 0 Å². The Kier molecular flexibility index (Phi) is 6.83. The van der Waals surface area contributed by atoms with Crippen LogP contribution in [0.3, 0.4) is 0 Å². The molecule has 0 atom stereocenters. The molecule has 164 valence electrons. The summed E-state index contributed by atoms with van der Waals surface area (Å²) in [6, 6.07) is 11.1. The molecule has 8 nitrogen and oxygen atoms in total. The summed E-state index contributed by atoms with van der Waals surface area (Å²) in [7, 11) is 0. The van der Waals surface area contributed by atoms with Crippen molar-refractivity contribution in [2.75, 3.05) is 52.5 Å². The van der Waals surface area contributed by atoms with E-state index in [1.165, 1.54) is 9.80 Å². The summed E-state index contributed by atoms with van der Waals surface area (Å²) >= 11 is 1.62. The predicted molar refractivity (Wildman–Crippen MR) is 115 cm³/mol. The molecule has 2 aliphatic rings. The van der Waals surface area contributed by atoms with Crippen molar-refractivity contribution < 1.29 is 23.9 Å². The van der Waals surface area contributed by atoms with Crippen LogP contribution in [0.5, 0.6) is 5.75 Å². The second-order valence-corrected chi connectivity index (χ2v) is 8.42. The van der Waals surface area contributed by atoms with Gasteiger partial charge in [0.25, 0.3) is 5.91 Å². The van der Waals surface area contributed by atoms with E-state index in [4.69, 9.17) is 9.47 Å². The van der Waals surface area contributed by atoms with Crippen molar-refractivity contribution in [3.63, 3.8) is 0 Å². The van der Waals surface area contributed by atoms with Crippen molar-refractivity contribution in [3.05, 3.63) is 52.2 Å². The number of hydrogen-bond donors (Lipinski definition) is 0. The number of ether oxygens (including phenoxy) is 2. The lowest BCUT2D eigenvalue weighted by molar-refractivity contribution is -0.154. The van der Waals surface area contributed by atoms with Gasteiger partial charge in [0.1, 0.15) is 12.4 Å². The van der Waals surface area contributed by atoms with Crippen LogP contribution < -0.4 is 4.74 Å². The molecule has 2 fully saturated rings. The third kappa shape index (κ3) is 5.23. The number of morpholine rings is 1. The molecule has 4 rings (SSSR count). The summed E-state index contributed by atoms with van der Waals surface area (Å²) < 4.78 is 11.0. The summed E-state index contributed by atoms with van der Waals surface area (Å²) in [5.74, 6) is -0.450. The van der Waals surface area contributed by atoms with Gasteiger partial charge < -0.3 is 24.2 Å². The molecule has 0 aliphatic carbocycles. The Balaban J connectivity index is 1.30. The summed E-state index contributed by atoms with van der Waals surface area (Å²) in [5, 5.41) is 2.00. The van der Waals surface area contributed by atoms with E-state index < -0.39 is 11.8 Å². The number of thiophene rings is 1. The highest BCUT2D eigenvalue weighted by atomic mass is 32.1. The zero-order valence-corrected chi connectivity index (χ0v) is 18.0. The van der Waals surface area contributed by atoms with Crippen LogP contribution in [0, 0.1) is 0 Å². The van der Waals surface area contributed by atoms with E-state index in [1.54, 1.807) is 34.4 Å². The minimum Gasteiger partial charge on any atom is -0.488 e. The van der Waals surface area contributed by atoms with Crippen LogP contribution in [-0.4, -0.2) is 84.9 Å². The van der Waals surface area contributed by atoms with Crippen LogP contribution in [0.4, 0.5) is 0 Å². The molecule has 9 heteroatoms. The predicted octanol–water partition coefficient (Wildman–Crippen LogP) is 1.47. The Hall–Kier alpha value is -2.91. The number of nitrogens with zero attached hydrogens (tertiary/aromatic N) is 3. The van der Waals surface area contributed by atoms with Crippen LogP contribution in [0.25, 0.3) is 0 Å². The molecular formula is C22H25N3O5S. The maximum absolute atomic E-state index is 12.9. The number of piperazine rings is 1. The standard InChI is InChI=1S/C22H25N3O5S/c26-20(17-3-1-4-18(15-17)30-16-19-5-2-14-31-19)23-6-8-24(9-7-23)21(27)22(28)25-10-12-29-13-11-25/h1-5,14-15H,6-13,16H2. The Bertz CT molecular complexity index is 919. The van der Waals surface area contributed by atoms with Crippen LogP contribution >= 0.6 is 11.3 Å². The van der Waals surface area contributed by atoms with Crippen molar-refractivity contribution >= 4 is 29.1 Å². The molecule has 0 bridgehead atoms. The molecule has 2 aliphatic heterocycles. The average molecular weight is 444 g/mol. The molecule has 0 saturated carbocycles. The van der Waals surface area contributed by atoms with Gasteiger partial charge in [-0.05, 0) is 29.6 Å². The number of amides is 3. The smallest absolute Gasteiger partial charge is 0.312 e. The molecule has 0 spiro atoms. The van der Waals surface area contributed by atoms with Crippen LogP contribution in [0.1, 0.15) is 15.2 Å². The topological polar surface area (TPSA) is 79.4 Å². The van der Waals surface area contributed by atoms with Gasteiger partial charge in [-0.2, -0.15) is 0 Å². The molecular weight excluding hydrogens is 418 g/mol. The minimum atomic E-state index is -0.502. The fraction of sp³-hybridized carbons (Fsp3) is 0.409. The Morgan fingerprint density at radius 3 is 2.23 bits per heavy atom. The van der Waals surface area contributed by atoms with E-state index in [0.29, 0.717) is 70.4 Å². The van der Waals surface area contributed by atoms with E-state index in [1.807, 2.05) is 23.6 Å². The van der Waals surface area contributed by atoms with Gasteiger partial charge in [0.15, 0.2) is 0 Å². The maximum Gasteiger partial charge on any atom is 0.312 e. The molecule has 1 aromatic carbocycles. The monoisotopic (exact) mass is 443 g/mol. The third-order valence-electron chi connectivity index (χ3n) is 5.38. The first-order valence-electron chi connectivity index (χ1n) is 10.3. The third-order valence-corrected chi connectivity index (χ3v) is 6.23. The van der Waals surface area contributed by atoms with Crippen molar-refractivity contribution in [1.29, 1.82) is 0 Å². The van der Waals surface area contributed by atoms with Gasteiger partial charge in [-0.15, -0.1) is 11.3 Å². The fourth-order valence-electron chi connectivity index (χ4n) is 3.60. The SMILES string of the molecule is O=C(C(=O)N1CCN(C(=O)c2cccc(OCc3cccs3)c2)CC1)N1CCOCC1. The lowest BCUT2D eigenvalue weighted by atomic mass is 10.1. The first-order chi connectivity index (χ1) is 15.1.